The number of alkyl halides is 3. The Labute approximate surface area is 143 Å². The minimum atomic E-state index is -4.53. The summed E-state index contributed by atoms with van der Waals surface area (Å²) in [5.74, 6) is 0. The first-order valence-corrected chi connectivity index (χ1v) is 7.74. The van der Waals surface area contributed by atoms with Crippen molar-refractivity contribution in [3.05, 3.63) is 83.4 Å². The van der Waals surface area contributed by atoms with Gasteiger partial charge in [0.25, 0.3) is 0 Å². The number of nitrogen functional groups attached to an aromatic ring is 2. The molecule has 0 aliphatic heterocycles. The first-order chi connectivity index (χ1) is 11.9. The normalized spacial score (nSPS) is 11.5. The summed E-state index contributed by atoms with van der Waals surface area (Å²) >= 11 is 0. The Morgan fingerprint density at radius 3 is 2.00 bits per heavy atom. The number of anilines is 2. The summed E-state index contributed by atoms with van der Waals surface area (Å²) in [6.07, 6.45) is -4.39. The van der Waals surface area contributed by atoms with Gasteiger partial charge in [-0.2, -0.15) is 13.2 Å². The Morgan fingerprint density at radius 1 is 0.760 bits per heavy atom. The van der Waals surface area contributed by atoms with Crippen LogP contribution in [0.5, 0.6) is 0 Å². The molecular formula is C20H17F3N2. The molecule has 3 aromatic rings. The van der Waals surface area contributed by atoms with E-state index in [-0.39, 0.29) is 17.7 Å². The molecule has 4 N–H and O–H groups in total. The average Bonchev–Trinajstić information content (AvgIpc) is 2.56. The summed E-state index contributed by atoms with van der Waals surface area (Å²) < 4.78 is 41.0. The van der Waals surface area contributed by atoms with Gasteiger partial charge in [-0.15, -0.1) is 0 Å². The van der Waals surface area contributed by atoms with E-state index in [1.807, 2.05) is 6.07 Å². The molecule has 0 atom stereocenters. The van der Waals surface area contributed by atoms with E-state index in [1.54, 1.807) is 54.6 Å². The van der Waals surface area contributed by atoms with Crippen LogP contribution in [-0.2, 0) is 12.6 Å². The Kier molecular flexibility index (Phi) is 4.40. The number of benzene rings is 3. The molecule has 0 fully saturated rings. The number of hydrogen-bond acceptors (Lipinski definition) is 2. The van der Waals surface area contributed by atoms with E-state index in [1.165, 1.54) is 6.07 Å². The van der Waals surface area contributed by atoms with Crippen molar-refractivity contribution in [1.29, 1.82) is 0 Å². The van der Waals surface area contributed by atoms with Gasteiger partial charge in [-0.1, -0.05) is 48.5 Å². The number of rotatable bonds is 3. The van der Waals surface area contributed by atoms with Crippen molar-refractivity contribution in [1.82, 2.24) is 0 Å². The lowest BCUT2D eigenvalue weighted by molar-refractivity contribution is -0.137. The van der Waals surface area contributed by atoms with Gasteiger partial charge in [0.1, 0.15) is 0 Å². The van der Waals surface area contributed by atoms with Gasteiger partial charge in [0.15, 0.2) is 0 Å². The Hall–Kier alpha value is -2.95. The summed E-state index contributed by atoms with van der Waals surface area (Å²) in [5, 5.41) is 0. The van der Waals surface area contributed by atoms with Crippen molar-refractivity contribution < 1.29 is 13.2 Å². The van der Waals surface area contributed by atoms with Gasteiger partial charge in [-0.3, -0.25) is 0 Å². The van der Waals surface area contributed by atoms with Crippen LogP contribution in [0.2, 0.25) is 0 Å². The summed E-state index contributed by atoms with van der Waals surface area (Å²) in [5.41, 5.74) is 13.0. The standard InChI is InChI=1S/C20H17F3N2/c21-20(22,23)19-17(12-13-4-2-1-3-5-13)16(10-11-18(19)25)14-6-8-15(24)9-7-14/h1-11H,12,24-25H2. The average molecular weight is 342 g/mol. The van der Waals surface area contributed by atoms with E-state index in [0.717, 1.165) is 5.56 Å². The number of nitrogens with two attached hydrogens (primary N) is 2. The van der Waals surface area contributed by atoms with Crippen LogP contribution in [0.1, 0.15) is 16.7 Å². The fourth-order valence-corrected chi connectivity index (χ4v) is 2.92. The van der Waals surface area contributed by atoms with Gasteiger partial charge in [0, 0.05) is 11.4 Å². The molecular weight excluding hydrogens is 325 g/mol. The van der Waals surface area contributed by atoms with E-state index in [9.17, 15) is 13.2 Å². The van der Waals surface area contributed by atoms with E-state index >= 15 is 0 Å². The van der Waals surface area contributed by atoms with Crippen molar-refractivity contribution in [2.45, 2.75) is 12.6 Å². The van der Waals surface area contributed by atoms with Crippen LogP contribution in [-0.4, -0.2) is 0 Å². The van der Waals surface area contributed by atoms with Gasteiger partial charge < -0.3 is 11.5 Å². The summed E-state index contributed by atoms with van der Waals surface area (Å²) in [7, 11) is 0. The zero-order valence-corrected chi connectivity index (χ0v) is 13.3. The third-order valence-electron chi connectivity index (χ3n) is 4.07. The second kappa shape index (κ2) is 6.51. The second-order valence-electron chi connectivity index (χ2n) is 5.84. The first kappa shape index (κ1) is 16.9. The highest BCUT2D eigenvalue weighted by molar-refractivity contribution is 5.74. The molecule has 0 amide bonds. The van der Waals surface area contributed by atoms with Gasteiger partial charge in [-0.25, -0.2) is 0 Å². The third kappa shape index (κ3) is 3.60. The minimum absolute atomic E-state index is 0.139. The largest absolute Gasteiger partial charge is 0.418 e. The Morgan fingerprint density at radius 2 is 1.40 bits per heavy atom. The van der Waals surface area contributed by atoms with Crippen LogP contribution in [0.15, 0.2) is 66.7 Å². The van der Waals surface area contributed by atoms with Crippen molar-refractivity contribution in [3.8, 4) is 11.1 Å². The molecule has 0 aromatic heterocycles. The molecule has 0 unspecified atom stereocenters. The van der Waals surface area contributed by atoms with E-state index in [0.29, 0.717) is 16.8 Å². The fourth-order valence-electron chi connectivity index (χ4n) is 2.92. The lowest BCUT2D eigenvalue weighted by Gasteiger charge is -2.19. The lowest BCUT2D eigenvalue weighted by Crippen LogP contribution is -2.14. The zero-order chi connectivity index (χ0) is 18.0. The number of halogens is 3. The topological polar surface area (TPSA) is 52.0 Å². The molecule has 0 saturated carbocycles. The second-order valence-corrected chi connectivity index (χ2v) is 5.84. The van der Waals surface area contributed by atoms with Crippen molar-refractivity contribution in [2.24, 2.45) is 0 Å². The van der Waals surface area contributed by atoms with E-state index in [4.69, 9.17) is 11.5 Å². The molecule has 0 radical (unpaired) electrons. The zero-order valence-electron chi connectivity index (χ0n) is 13.3. The van der Waals surface area contributed by atoms with Crippen molar-refractivity contribution in [3.63, 3.8) is 0 Å². The van der Waals surface area contributed by atoms with Crippen molar-refractivity contribution >= 4 is 11.4 Å². The van der Waals surface area contributed by atoms with E-state index in [2.05, 4.69) is 0 Å². The van der Waals surface area contributed by atoms with Gasteiger partial charge in [0.2, 0.25) is 0 Å². The number of hydrogen-bond donors (Lipinski definition) is 2. The molecule has 0 heterocycles. The van der Waals surface area contributed by atoms with Crippen LogP contribution in [0, 0.1) is 0 Å². The molecule has 0 spiro atoms. The summed E-state index contributed by atoms with van der Waals surface area (Å²) in [6, 6.07) is 18.8. The highest BCUT2D eigenvalue weighted by Crippen LogP contribution is 2.41. The SMILES string of the molecule is Nc1ccc(-c2ccc(N)c(C(F)(F)F)c2Cc2ccccc2)cc1. The molecule has 5 heteroatoms. The van der Waals surface area contributed by atoms with Crippen molar-refractivity contribution in [2.75, 3.05) is 11.5 Å². The smallest absolute Gasteiger partial charge is 0.399 e. The maximum Gasteiger partial charge on any atom is 0.418 e. The van der Waals surface area contributed by atoms with Gasteiger partial charge in [-0.05, 0) is 46.9 Å². The monoisotopic (exact) mass is 342 g/mol. The van der Waals surface area contributed by atoms with Crippen LogP contribution < -0.4 is 11.5 Å². The molecule has 0 aliphatic carbocycles. The highest BCUT2D eigenvalue weighted by Gasteiger charge is 2.36. The van der Waals surface area contributed by atoms with Crippen LogP contribution in [0.3, 0.4) is 0 Å². The van der Waals surface area contributed by atoms with Crippen LogP contribution in [0.4, 0.5) is 24.5 Å². The molecule has 0 bridgehead atoms. The Balaban J connectivity index is 2.22. The predicted octanol–water partition coefficient (Wildman–Crippen LogP) is 5.13. The fraction of sp³-hybridized carbons (Fsp3) is 0.100. The Bertz CT molecular complexity index is 870. The molecule has 2 nitrogen and oxygen atoms in total. The summed E-state index contributed by atoms with van der Waals surface area (Å²) in [6.45, 7) is 0. The quantitative estimate of drug-likeness (QED) is 0.649. The molecule has 3 aromatic carbocycles. The third-order valence-corrected chi connectivity index (χ3v) is 4.07. The molecule has 0 saturated heterocycles. The van der Waals surface area contributed by atoms with Gasteiger partial charge >= 0.3 is 6.18 Å². The summed E-state index contributed by atoms with van der Waals surface area (Å²) in [4.78, 5) is 0. The molecule has 128 valence electrons. The minimum Gasteiger partial charge on any atom is -0.399 e. The lowest BCUT2D eigenvalue weighted by atomic mass is 9.89. The maximum absolute atomic E-state index is 13.7. The van der Waals surface area contributed by atoms with E-state index < -0.39 is 11.7 Å². The van der Waals surface area contributed by atoms with Gasteiger partial charge in [0.05, 0.1) is 5.56 Å². The highest BCUT2D eigenvalue weighted by atomic mass is 19.4. The maximum atomic E-state index is 13.7. The van der Waals surface area contributed by atoms with Crippen LogP contribution >= 0.6 is 0 Å². The molecule has 25 heavy (non-hydrogen) atoms. The molecule has 3 rings (SSSR count). The van der Waals surface area contributed by atoms with Crippen LogP contribution in [0.25, 0.3) is 11.1 Å². The first-order valence-electron chi connectivity index (χ1n) is 7.74. The predicted molar refractivity (Wildman–Crippen MR) is 95.0 cm³/mol. The molecule has 0 aliphatic rings.